The molecular weight excluding hydrogens is 241 g/mol. The van der Waals surface area contributed by atoms with Crippen molar-refractivity contribution in [1.29, 1.82) is 0 Å². The third-order valence-electron chi connectivity index (χ3n) is 3.05. The molecule has 0 fully saturated rings. The highest BCUT2D eigenvalue weighted by molar-refractivity contribution is 5.84. The van der Waals surface area contributed by atoms with Gasteiger partial charge in [0.15, 0.2) is 0 Å². The third kappa shape index (κ3) is 2.36. The molecule has 2 aromatic rings. The first-order valence-corrected chi connectivity index (χ1v) is 5.78. The van der Waals surface area contributed by atoms with Gasteiger partial charge in [0, 0.05) is 24.1 Å². The van der Waals surface area contributed by atoms with Crippen LogP contribution in [0.2, 0.25) is 0 Å². The monoisotopic (exact) mass is 256 g/mol. The van der Waals surface area contributed by atoms with Gasteiger partial charge in [-0.05, 0) is 43.1 Å². The fourth-order valence-electron chi connectivity index (χ4n) is 2.14. The number of hydrogen-bond donors (Lipinski definition) is 1. The van der Waals surface area contributed by atoms with Crippen molar-refractivity contribution in [2.45, 2.75) is 19.0 Å². The molecule has 0 aliphatic heterocycles. The van der Waals surface area contributed by atoms with Gasteiger partial charge in [-0.2, -0.15) is 13.2 Å². The lowest BCUT2D eigenvalue weighted by Crippen LogP contribution is -2.04. The number of nitrogens with two attached hydrogens (primary N) is 1. The summed E-state index contributed by atoms with van der Waals surface area (Å²) in [6, 6.07) is 3.86. The largest absolute Gasteiger partial charge is 0.416 e. The molecule has 0 aliphatic carbocycles. The van der Waals surface area contributed by atoms with E-state index >= 15 is 0 Å². The van der Waals surface area contributed by atoms with Crippen LogP contribution in [0.1, 0.15) is 17.5 Å². The van der Waals surface area contributed by atoms with Crippen molar-refractivity contribution in [2.75, 3.05) is 6.54 Å². The van der Waals surface area contributed by atoms with E-state index in [4.69, 9.17) is 5.73 Å². The van der Waals surface area contributed by atoms with Crippen LogP contribution in [0.5, 0.6) is 0 Å². The maximum Gasteiger partial charge on any atom is 0.416 e. The minimum atomic E-state index is -4.30. The zero-order chi connectivity index (χ0) is 13.3. The average molecular weight is 256 g/mol. The van der Waals surface area contributed by atoms with Crippen LogP contribution in [0, 0.1) is 0 Å². The van der Waals surface area contributed by atoms with E-state index in [0.717, 1.165) is 23.6 Å². The number of aryl methyl sites for hydroxylation is 2. The number of alkyl halides is 3. The van der Waals surface area contributed by atoms with Crippen LogP contribution in [-0.4, -0.2) is 11.1 Å². The van der Waals surface area contributed by atoms with Crippen molar-refractivity contribution in [3.63, 3.8) is 0 Å². The highest BCUT2D eigenvalue weighted by Crippen LogP contribution is 2.33. The SMILES string of the molecule is Cn1cc(CCCN)c2cc(C(F)(F)F)ccc21. The standard InChI is InChI=1S/C13H15F3N2/c1-18-8-9(3-2-6-17)11-7-10(13(14,15)16)4-5-12(11)18/h4-5,7-8H,2-3,6,17H2,1H3. The van der Waals surface area contributed by atoms with Gasteiger partial charge in [0.1, 0.15) is 0 Å². The van der Waals surface area contributed by atoms with E-state index in [2.05, 4.69) is 0 Å². The van der Waals surface area contributed by atoms with E-state index in [1.807, 2.05) is 17.8 Å². The molecule has 0 saturated heterocycles. The van der Waals surface area contributed by atoms with E-state index in [0.29, 0.717) is 18.4 Å². The Morgan fingerprint density at radius 1 is 1.28 bits per heavy atom. The van der Waals surface area contributed by atoms with Crippen molar-refractivity contribution < 1.29 is 13.2 Å². The van der Waals surface area contributed by atoms with Gasteiger partial charge >= 0.3 is 6.18 Å². The Kier molecular flexibility index (Phi) is 3.34. The molecule has 18 heavy (non-hydrogen) atoms. The minimum Gasteiger partial charge on any atom is -0.350 e. The molecule has 2 rings (SSSR count). The molecule has 0 unspecified atom stereocenters. The summed E-state index contributed by atoms with van der Waals surface area (Å²) in [7, 11) is 1.83. The van der Waals surface area contributed by atoms with E-state index < -0.39 is 11.7 Å². The molecule has 98 valence electrons. The first kappa shape index (κ1) is 13.0. The highest BCUT2D eigenvalue weighted by atomic mass is 19.4. The van der Waals surface area contributed by atoms with Crippen LogP contribution in [0.15, 0.2) is 24.4 Å². The molecule has 5 heteroatoms. The second kappa shape index (κ2) is 4.65. The van der Waals surface area contributed by atoms with Crippen LogP contribution in [-0.2, 0) is 19.6 Å². The average Bonchev–Trinajstić information content (AvgIpc) is 2.62. The predicted octanol–water partition coefficient (Wildman–Crippen LogP) is 3.09. The lowest BCUT2D eigenvalue weighted by atomic mass is 10.1. The zero-order valence-corrected chi connectivity index (χ0v) is 10.1. The second-order valence-electron chi connectivity index (χ2n) is 4.39. The van der Waals surface area contributed by atoms with Gasteiger partial charge in [-0.15, -0.1) is 0 Å². The van der Waals surface area contributed by atoms with Crippen LogP contribution in [0.25, 0.3) is 10.9 Å². The quantitative estimate of drug-likeness (QED) is 0.898. The van der Waals surface area contributed by atoms with Crippen molar-refractivity contribution in [2.24, 2.45) is 12.8 Å². The van der Waals surface area contributed by atoms with E-state index in [9.17, 15) is 13.2 Å². The summed E-state index contributed by atoms with van der Waals surface area (Å²) in [6.45, 7) is 0.537. The lowest BCUT2D eigenvalue weighted by Gasteiger charge is -2.07. The molecule has 0 spiro atoms. The Morgan fingerprint density at radius 3 is 2.61 bits per heavy atom. The molecule has 0 amide bonds. The van der Waals surface area contributed by atoms with Gasteiger partial charge < -0.3 is 10.3 Å². The summed E-state index contributed by atoms with van der Waals surface area (Å²) >= 11 is 0. The first-order valence-electron chi connectivity index (χ1n) is 5.78. The maximum atomic E-state index is 12.7. The van der Waals surface area contributed by atoms with E-state index in [1.165, 1.54) is 12.1 Å². The number of halogens is 3. The van der Waals surface area contributed by atoms with Crippen LogP contribution in [0.4, 0.5) is 13.2 Å². The minimum absolute atomic E-state index is 0.537. The Morgan fingerprint density at radius 2 is 2.00 bits per heavy atom. The second-order valence-corrected chi connectivity index (χ2v) is 4.39. The van der Waals surface area contributed by atoms with Gasteiger partial charge in [-0.1, -0.05) is 0 Å². The van der Waals surface area contributed by atoms with Gasteiger partial charge in [0.25, 0.3) is 0 Å². The molecule has 0 aliphatic rings. The Bertz CT molecular complexity index is 555. The van der Waals surface area contributed by atoms with Gasteiger partial charge in [0.2, 0.25) is 0 Å². The van der Waals surface area contributed by atoms with Crippen LogP contribution in [0.3, 0.4) is 0 Å². The van der Waals surface area contributed by atoms with Crippen molar-refractivity contribution in [1.82, 2.24) is 4.57 Å². The van der Waals surface area contributed by atoms with Gasteiger partial charge in [0.05, 0.1) is 5.56 Å². The number of hydrogen-bond acceptors (Lipinski definition) is 1. The molecule has 0 radical (unpaired) electrons. The number of rotatable bonds is 3. The fourth-order valence-corrected chi connectivity index (χ4v) is 2.14. The third-order valence-corrected chi connectivity index (χ3v) is 3.05. The lowest BCUT2D eigenvalue weighted by molar-refractivity contribution is -0.137. The van der Waals surface area contributed by atoms with Crippen LogP contribution >= 0.6 is 0 Å². The smallest absolute Gasteiger partial charge is 0.350 e. The molecule has 2 N–H and O–H groups in total. The molecular formula is C13H15F3N2. The zero-order valence-electron chi connectivity index (χ0n) is 10.1. The number of nitrogens with zero attached hydrogens (tertiary/aromatic N) is 1. The summed E-state index contributed by atoms with van der Waals surface area (Å²) in [5.41, 5.74) is 6.57. The van der Waals surface area contributed by atoms with Crippen molar-refractivity contribution >= 4 is 10.9 Å². The predicted molar refractivity (Wildman–Crippen MR) is 65.3 cm³/mol. The number of aromatic nitrogens is 1. The van der Waals surface area contributed by atoms with Gasteiger partial charge in [-0.3, -0.25) is 0 Å². The normalized spacial score (nSPS) is 12.3. The van der Waals surface area contributed by atoms with Crippen molar-refractivity contribution in [3.8, 4) is 0 Å². The number of benzene rings is 1. The summed E-state index contributed by atoms with van der Waals surface area (Å²) in [4.78, 5) is 0. The first-order chi connectivity index (χ1) is 8.43. The van der Waals surface area contributed by atoms with Crippen LogP contribution < -0.4 is 5.73 Å². The molecule has 1 aromatic heterocycles. The number of fused-ring (bicyclic) bond motifs is 1. The molecule has 1 heterocycles. The maximum absolute atomic E-state index is 12.7. The highest BCUT2D eigenvalue weighted by Gasteiger charge is 2.30. The molecule has 0 saturated carbocycles. The fraction of sp³-hybridized carbons (Fsp3) is 0.385. The Balaban J connectivity index is 2.52. The molecule has 0 atom stereocenters. The van der Waals surface area contributed by atoms with E-state index in [-0.39, 0.29) is 0 Å². The summed E-state index contributed by atoms with van der Waals surface area (Å²) in [5, 5.41) is 0.667. The Labute approximate surface area is 103 Å². The summed E-state index contributed by atoms with van der Waals surface area (Å²) in [6.07, 6.45) is -0.944. The van der Waals surface area contributed by atoms with Gasteiger partial charge in [-0.25, -0.2) is 0 Å². The molecule has 2 nitrogen and oxygen atoms in total. The summed E-state index contributed by atoms with van der Waals surface area (Å²) in [5.74, 6) is 0. The van der Waals surface area contributed by atoms with E-state index in [1.54, 1.807) is 0 Å². The molecule has 0 bridgehead atoms. The molecule has 1 aromatic carbocycles. The summed E-state index contributed by atoms with van der Waals surface area (Å²) < 4.78 is 39.9. The van der Waals surface area contributed by atoms with Crippen molar-refractivity contribution in [3.05, 3.63) is 35.5 Å². The Hall–Kier alpha value is -1.49. The topological polar surface area (TPSA) is 30.9 Å².